The molecule has 0 saturated carbocycles. The third kappa shape index (κ3) is 5.16. The van der Waals surface area contributed by atoms with Gasteiger partial charge in [-0.3, -0.25) is 0 Å². The van der Waals surface area contributed by atoms with Crippen LogP contribution in [0.25, 0.3) is 0 Å². The molecule has 176 valence electrons. The molecule has 0 aliphatic carbocycles. The Hall–Kier alpha value is -3.15. The molecular formula is C28H26ClFO4. The van der Waals surface area contributed by atoms with Crippen LogP contribution in [0.4, 0.5) is 4.39 Å². The highest BCUT2D eigenvalue weighted by Crippen LogP contribution is 2.53. The van der Waals surface area contributed by atoms with Gasteiger partial charge in [-0.05, 0) is 48.7 Å². The monoisotopic (exact) mass is 480 g/mol. The lowest BCUT2D eigenvalue weighted by Gasteiger charge is -2.43. The molecule has 4 nitrogen and oxygen atoms in total. The Kier molecular flexibility index (Phi) is 7.35. The number of benzene rings is 3. The second kappa shape index (κ2) is 10.4. The summed E-state index contributed by atoms with van der Waals surface area (Å²) in [4.78, 5) is 11.1. The molecule has 0 amide bonds. The predicted molar refractivity (Wildman–Crippen MR) is 130 cm³/mol. The van der Waals surface area contributed by atoms with Crippen molar-refractivity contribution in [2.75, 3.05) is 6.61 Å². The molecule has 4 rings (SSSR count). The zero-order valence-electron chi connectivity index (χ0n) is 18.8. The van der Waals surface area contributed by atoms with E-state index in [2.05, 4.69) is 6.58 Å². The van der Waals surface area contributed by atoms with Gasteiger partial charge in [-0.25, -0.2) is 9.18 Å². The Balaban J connectivity index is 1.79. The number of hydrogen-bond donors (Lipinski definition) is 1. The fraction of sp³-hybridized carbons (Fsp3) is 0.250. The number of hydrogen-bond acceptors (Lipinski definition) is 3. The van der Waals surface area contributed by atoms with E-state index in [1.54, 1.807) is 24.3 Å². The van der Waals surface area contributed by atoms with Crippen LogP contribution >= 0.6 is 11.6 Å². The Bertz CT molecular complexity index is 1180. The Morgan fingerprint density at radius 1 is 1.06 bits per heavy atom. The molecule has 1 saturated heterocycles. The minimum Gasteiger partial charge on any atom is -0.482 e. The van der Waals surface area contributed by atoms with Gasteiger partial charge < -0.3 is 14.6 Å². The van der Waals surface area contributed by atoms with Crippen molar-refractivity contribution < 1.29 is 23.8 Å². The van der Waals surface area contributed by atoms with E-state index in [1.807, 2.05) is 43.3 Å². The summed E-state index contributed by atoms with van der Waals surface area (Å²) in [5, 5.41) is 9.75. The number of aliphatic carboxylic acids is 1. The van der Waals surface area contributed by atoms with Gasteiger partial charge in [0.2, 0.25) is 0 Å². The topological polar surface area (TPSA) is 55.8 Å². The van der Waals surface area contributed by atoms with Crippen molar-refractivity contribution in [2.45, 2.75) is 31.5 Å². The normalized spacial score (nSPS) is 22.2. The first kappa shape index (κ1) is 24.0. The number of carboxylic acids is 1. The summed E-state index contributed by atoms with van der Waals surface area (Å²) in [5.74, 6) is -1.09. The van der Waals surface area contributed by atoms with Gasteiger partial charge in [-0.15, -0.1) is 0 Å². The van der Waals surface area contributed by atoms with Crippen LogP contribution in [0, 0.1) is 11.7 Å². The van der Waals surface area contributed by atoms with Gasteiger partial charge in [-0.2, -0.15) is 0 Å². The van der Waals surface area contributed by atoms with Crippen LogP contribution in [0.15, 0.2) is 84.9 Å². The predicted octanol–water partition coefficient (Wildman–Crippen LogP) is 7.12. The van der Waals surface area contributed by atoms with Gasteiger partial charge in [0.25, 0.3) is 0 Å². The van der Waals surface area contributed by atoms with Crippen molar-refractivity contribution in [3.05, 3.63) is 112 Å². The molecule has 1 aliphatic heterocycles. The number of halogens is 2. The molecule has 4 atom stereocenters. The number of rotatable bonds is 7. The fourth-order valence-electron chi connectivity index (χ4n) is 4.63. The van der Waals surface area contributed by atoms with E-state index in [4.69, 9.17) is 26.2 Å². The fourth-order valence-corrected chi connectivity index (χ4v) is 4.91. The van der Waals surface area contributed by atoms with Crippen molar-refractivity contribution in [1.29, 1.82) is 0 Å². The molecule has 34 heavy (non-hydrogen) atoms. The summed E-state index contributed by atoms with van der Waals surface area (Å²) < 4.78 is 26.1. The van der Waals surface area contributed by atoms with E-state index in [1.165, 1.54) is 12.1 Å². The van der Waals surface area contributed by atoms with Gasteiger partial charge in [-0.1, -0.05) is 72.3 Å². The third-order valence-electron chi connectivity index (χ3n) is 6.24. The quantitative estimate of drug-likeness (QED) is 0.366. The van der Waals surface area contributed by atoms with E-state index in [0.29, 0.717) is 17.2 Å². The number of carbonyl (C=O) groups is 1. The summed E-state index contributed by atoms with van der Waals surface area (Å²) in [5.41, 5.74) is 3.48. The molecule has 0 spiro atoms. The molecule has 0 radical (unpaired) electrons. The standard InChI is InChI=1S/C28H26ClFO4/c1-17(2)22-15-23(20-7-3-5-9-24(20)29)27(18-11-13-19(30)14-12-18)34-28(22)21-8-4-6-10-25(21)33-16-26(31)32/h3-14,22-23,27-28H,1,15-16H2,2H3,(H,31,32)/t22-,23-,27+,28-/m1/s1. The van der Waals surface area contributed by atoms with Crippen LogP contribution in [-0.2, 0) is 9.53 Å². The molecule has 3 aromatic carbocycles. The summed E-state index contributed by atoms with van der Waals surface area (Å²) in [6.07, 6.45) is -0.149. The lowest BCUT2D eigenvalue weighted by Crippen LogP contribution is -2.32. The van der Waals surface area contributed by atoms with E-state index < -0.39 is 24.8 Å². The van der Waals surface area contributed by atoms with Crippen molar-refractivity contribution in [3.8, 4) is 5.75 Å². The maximum absolute atomic E-state index is 13.7. The van der Waals surface area contributed by atoms with Gasteiger partial charge in [0.1, 0.15) is 11.6 Å². The van der Waals surface area contributed by atoms with Gasteiger partial charge in [0.05, 0.1) is 12.2 Å². The lowest BCUT2D eigenvalue weighted by molar-refractivity contribution is -0.139. The zero-order valence-corrected chi connectivity index (χ0v) is 19.5. The average molecular weight is 481 g/mol. The van der Waals surface area contributed by atoms with Crippen LogP contribution in [0.5, 0.6) is 5.75 Å². The minimum absolute atomic E-state index is 0.0763. The van der Waals surface area contributed by atoms with Crippen LogP contribution in [0.2, 0.25) is 5.02 Å². The summed E-state index contributed by atoms with van der Waals surface area (Å²) >= 11 is 6.60. The molecule has 0 unspecified atom stereocenters. The minimum atomic E-state index is -1.06. The molecule has 0 bridgehead atoms. The van der Waals surface area contributed by atoms with Gasteiger partial charge in [0, 0.05) is 22.4 Å². The maximum Gasteiger partial charge on any atom is 0.341 e. The lowest BCUT2D eigenvalue weighted by atomic mass is 9.74. The van der Waals surface area contributed by atoms with Crippen LogP contribution in [-0.4, -0.2) is 17.7 Å². The summed E-state index contributed by atoms with van der Waals surface area (Å²) in [6, 6.07) is 21.3. The highest BCUT2D eigenvalue weighted by Gasteiger charge is 2.42. The first-order chi connectivity index (χ1) is 16.3. The van der Waals surface area contributed by atoms with Crippen molar-refractivity contribution >= 4 is 17.6 Å². The SMILES string of the molecule is C=C(C)[C@H]1C[C@H](c2ccccc2Cl)[C@H](c2ccc(F)cc2)O[C@@H]1c1ccccc1OCC(=O)O. The van der Waals surface area contributed by atoms with Crippen LogP contribution in [0.3, 0.4) is 0 Å². The smallest absolute Gasteiger partial charge is 0.341 e. The van der Waals surface area contributed by atoms with Gasteiger partial charge in [0.15, 0.2) is 6.61 Å². The molecule has 1 heterocycles. The van der Waals surface area contributed by atoms with E-state index in [-0.39, 0.29) is 17.7 Å². The Labute approximate surface area is 203 Å². The first-order valence-corrected chi connectivity index (χ1v) is 11.5. The van der Waals surface area contributed by atoms with Crippen molar-refractivity contribution in [3.63, 3.8) is 0 Å². The Morgan fingerprint density at radius 3 is 2.35 bits per heavy atom. The number of carboxylic acid groups (broad SMARTS) is 1. The number of ether oxygens (including phenoxy) is 2. The zero-order chi connectivity index (χ0) is 24.2. The molecule has 1 fully saturated rings. The molecule has 1 N–H and O–H groups in total. The van der Waals surface area contributed by atoms with Crippen molar-refractivity contribution in [1.82, 2.24) is 0 Å². The van der Waals surface area contributed by atoms with E-state index in [9.17, 15) is 9.18 Å². The second-order valence-electron chi connectivity index (χ2n) is 8.57. The number of para-hydroxylation sites is 1. The van der Waals surface area contributed by atoms with Crippen molar-refractivity contribution in [2.24, 2.45) is 5.92 Å². The molecule has 0 aromatic heterocycles. The second-order valence-corrected chi connectivity index (χ2v) is 8.97. The van der Waals surface area contributed by atoms with Crippen LogP contribution in [0.1, 0.15) is 48.2 Å². The molecular weight excluding hydrogens is 455 g/mol. The average Bonchev–Trinajstić information content (AvgIpc) is 2.83. The molecule has 1 aliphatic rings. The highest BCUT2D eigenvalue weighted by molar-refractivity contribution is 6.31. The molecule has 6 heteroatoms. The van der Waals surface area contributed by atoms with E-state index in [0.717, 1.165) is 22.3 Å². The highest BCUT2D eigenvalue weighted by atomic mass is 35.5. The largest absolute Gasteiger partial charge is 0.482 e. The van der Waals surface area contributed by atoms with E-state index >= 15 is 0 Å². The maximum atomic E-state index is 13.7. The van der Waals surface area contributed by atoms with Crippen LogP contribution < -0.4 is 4.74 Å². The first-order valence-electron chi connectivity index (χ1n) is 11.1. The molecule has 3 aromatic rings. The van der Waals surface area contributed by atoms with Gasteiger partial charge >= 0.3 is 5.97 Å². The Morgan fingerprint density at radius 2 is 1.71 bits per heavy atom. The summed E-state index contributed by atoms with van der Waals surface area (Å²) in [7, 11) is 0. The third-order valence-corrected chi connectivity index (χ3v) is 6.59. The summed E-state index contributed by atoms with van der Waals surface area (Å²) in [6.45, 7) is 5.73.